The largest absolute Gasteiger partial charge is 0.315 e. The van der Waals surface area contributed by atoms with E-state index in [-0.39, 0.29) is 5.56 Å². The number of nitrogens with one attached hydrogen (secondary N) is 2. The number of rotatable bonds is 2. The first-order valence-electron chi connectivity index (χ1n) is 4.09. The Labute approximate surface area is 97.7 Å². The van der Waals surface area contributed by atoms with Gasteiger partial charge in [-0.05, 0) is 22.9 Å². The third kappa shape index (κ3) is 2.24. The molecule has 0 saturated heterocycles. The summed E-state index contributed by atoms with van der Waals surface area (Å²) in [4.78, 5) is 22.9. The number of hydrogen-bond donors (Lipinski definition) is 2. The second-order valence-corrected chi connectivity index (χ2v) is 4.82. The third-order valence-electron chi connectivity index (χ3n) is 1.64. The van der Waals surface area contributed by atoms with Crippen LogP contribution in [0, 0.1) is 6.92 Å². The molecule has 2 N–H and O–H groups in total. The zero-order valence-corrected chi connectivity index (χ0v) is 10.1. The van der Waals surface area contributed by atoms with Gasteiger partial charge in [0.1, 0.15) is 4.47 Å². The smallest absolute Gasteiger partial charge is 0.267 e. The summed E-state index contributed by atoms with van der Waals surface area (Å²) in [5.74, 6) is 0.466. The first-order chi connectivity index (χ1) is 7.16. The van der Waals surface area contributed by atoms with Crippen molar-refractivity contribution in [1.29, 1.82) is 0 Å². The second-order valence-electron chi connectivity index (χ2n) is 2.80. The van der Waals surface area contributed by atoms with Crippen molar-refractivity contribution in [3.05, 3.63) is 32.2 Å². The van der Waals surface area contributed by atoms with Crippen LogP contribution in [0.1, 0.15) is 4.88 Å². The molecular formula is C8H7BrN4OS. The maximum atomic E-state index is 11.2. The molecule has 0 saturated carbocycles. The zero-order valence-electron chi connectivity index (χ0n) is 7.74. The van der Waals surface area contributed by atoms with Crippen LogP contribution in [0.5, 0.6) is 0 Å². The molecule has 78 valence electrons. The molecule has 0 radical (unpaired) electrons. The molecule has 0 aliphatic heterocycles. The number of aromatic nitrogens is 3. The summed E-state index contributed by atoms with van der Waals surface area (Å²) in [6.45, 7) is 1.96. The Balaban J connectivity index is 2.32. The molecule has 2 aromatic heterocycles. The van der Waals surface area contributed by atoms with Gasteiger partial charge in [0.2, 0.25) is 0 Å². The molecule has 2 rings (SSSR count). The summed E-state index contributed by atoms with van der Waals surface area (Å²) in [6.07, 6.45) is 3.10. The summed E-state index contributed by atoms with van der Waals surface area (Å²) in [5, 5.41) is 3.68. The van der Waals surface area contributed by atoms with Crippen LogP contribution < -0.4 is 10.9 Å². The molecule has 0 spiro atoms. The first-order valence-corrected chi connectivity index (χ1v) is 5.70. The first kappa shape index (κ1) is 10.3. The van der Waals surface area contributed by atoms with E-state index < -0.39 is 0 Å². The van der Waals surface area contributed by atoms with Crippen molar-refractivity contribution >= 4 is 38.2 Å². The van der Waals surface area contributed by atoms with Gasteiger partial charge in [-0.2, -0.15) is 0 Å². The highest BCUT2D eigenvalue weighted by Gasteiger charge is 2.06. The Kier molecular flexibility index (Phi) is 2.83. The van der Waals surface area contributed by atoms with Gasteiger partial charge in [0.05, 0.1) is 6.33 Å². The molecule has 5 nitrogen and oxygen atoms in total. The van der Waals surface area contributed by atoms with E-state index in [0.717, 1.165) is 4.88 Å². The minimum absolute atomic E-state index is 0.222. The lowest BCUT2D eigenvalue weighted by Gasteiger charge is -2.01. The van der Waals surface area contributed by atoms with Crippen LogP contribution in [0.3, 0.4) is 0 Å². The Morgan fingerprint density at radius 3 is 3.00 bits per heavy atom. The van der Waals surface area contributed by atoms with Gasteiger partial charge in [-0.3, -0.25) is 4.79 Å². The lowest BCUT2D eigenvalue weighted by Crippen LogP contribution is -2.09. The van der Waals surface area contributed by atoms with Crippen LogP contribution in [0.25, 0.3) is 0 Å². The van der Waals surface area contributed by atoms with Gasteiger partial charge in [0.25, 0.3) is 5.56 Å². The molecule has 0 atom stereocenters. The van der Waals surface area contributed by atoms with Gasteiger partial charge < -0.3 is 10.3 Å². The summed E-state index contributed by atoms with van der Waals surface area (Å²) in [5.41, 5.74) is -0.222. The third-order valence-corrected chi connectivity index (χ3v) is 3.21. The van der Waals surface area contributed by atoms with Gasteiger partial charge >= 0.3 is 0 Å². The Morgan fingerprint density at radius 1 is 1.53 bits per heavy atom. The van der Waals surface area contributed by atoms with E-state index in [9.17, 15) is 4.79 Å². The Hall–Kier alpha value is -1.21. The van der Waals surface area contributed by atoms with E-state index in [1.807, 2.05) is 6.92 Å². The quantitative estimate of drug-likeness (QED) is 0.886. The highest BCUT2D eigenvalue weighted by molar-refractivity contribution is 9.10. The lowest BCUT2D eigenvalue weighted by molar-refractivity contribution is 1.10. The van der Waals surface area contributed by atoms with Gasteiger partial charge in [-0.1, -0.05) is 0 Å². The van der Waals surface area contributed by atoms with E-state index >= 15 is 0 Å². The fourth-order valence-corrected chi connectivity index (χ4v) is 1.96. The maximum Gasteiger partial charge on any atom is 0.267 e. The van der Waals surface area contributed by atoms with Crippen molar-refractivity contribution in [3.8, 4) is 0 Å². The average molecular weight is 287 g/mol. The molecule has 0 aliphatic rings. The Bertz CT molecular complexity index is 535. The van der Waals surface area contributed by atoms with E-state index in [0.29, 0.717) is 15.4 Å². The van der Waals surface area contributed by atoms with Gasteiger partial charge in [-0.25, -0.2) is 9.97 Å². The topological polar surface area (TPSA) is 70.7 Å². The van der Waals surface area contributed by atoms with Crippen molar-refractivity contribution in [1.82, 2.24) is 15.0 Å². The van der Waals surface area contributed by atoms with Gasteiger partial charge in [-0.15, -0.1) is 11.3 Å². The molecule has 0 amide bonds. The monoisotopic (exact) mass is 286 g/mol. The van der Waals surface area contributed by atoms with Crippen molar-refractivity contribution in [2.24, 2.45) is 0 Å². The number of hydrogen-bond acceptors (Lipinski definition) is 5. The normalized spacial score (nSPS) is 10.3. The second kappa shape index (κ2) is 4.11. The van der Waals surface area contributed by atoms with Crippen LogP contribution in [0.2, 0.25) is 0 Å². The minimum Gasteiger partial charge on any atom is -0.315 e. The molecule has 0 unspecified atom stereocenters. The summed E-state index contributed by atoms with van der Waals surface area (Å²) in [7, 11) is 0. The van der Waals surface area contributed by atoms with E-state index in [1.165, 1.54) is 17.7 Å². The van der Waals surface area contributed by atoms with Crippen LogP contribution in [0.4, 0.5) is 10.9 Å². The maximum absolute atomic E-state index is 11.2. The van der Waals surface area contributed by atoms with E-state index in [1.54, 1.807) is 6.20 Å². The van der Waals surface area contributed by atoms with Crippen LogP contribution in [0.15, 0.2) is 21.8 Å². The summed E-state index contributed by atoms with van der Waals surface area (Å²) >= 11 is 4.65. The molecule has 2 heterocycles. The van der Waals surface area contributed by atoms with Crippen LogP contribution in [-0.2, 0) is 0 Å². The molecule has 15 heavy (non-hydrogen) atoms. The molecule has 7 heteroatoms. The average Bonchev–Trinajstić information content (AvgIpc) is 2.59. The molecule has 0 bridgehead atoms. The number of anilines is 2. The standard InChI is InChI=1S/C8H7BrN4OS/c1-4-2-10-8(15-4)13-6-5(9)7(14)12-3-11-6/h2-3H,1H3,(H2,10,11,12,13,14). The fraction of sp³-hybridized carbons (Fsp3) is 0.125. The number of halogens is 1. The van der Waals surface area contributed by atoms with E-state index in [4.69, 9.17) is 0 Å². The van der Waals surface area contributed by atoms with Crippen molar-refractivity contribution in [2.45, 2.75) is 6.92 Å². The number of nitrogens with zero attached hydrogens (tertiary/aromatic N) is 2. The van der Waals surface area contributed by atoms with Gasteiger partial charge in [0, 0.05) is 11.1 Å². The number of thiazole rings is 1. The highest BCUT2D eigenvalue weighted by atomic mass is 79.9. The minimum atomic E-state index is -0.222. The number of H-pyrrole nitrogens is 1. The highest BCUT2D eigenvalue weighted by Crippen LogP contribution is 2.23. The molecule has 0 aliphatic carbocycles. The van der Waals surface area contributed by atoms with Crippen LogP contribution >= 0.6 is 27.3 Å². The predicted molar refractivity (Wildman–Crippen MR) is 62.7 cm³/mol. The van der Waals surface area contributed by atoms with Crippen molar-refractivity contribution < 1.29 is 0 Å². The fourth-order valence-electron chi connectivity index (χ4n) is 0.984. The molecule has 2 aromatic rings. The number of aryl methyl sites for hydroxylation is 1. The lowest BCUT2D eigenvalue weighted by atomic mass is 10.6. The SMILES string of the molecule is Cc1cnc(Nc2nc[nH]c(=O)c2Br)s1. The molecular weight excluding hydrogens is 280 g/mol. The summed E-state index contributed by atoms with van der Waals surface area (Å²) < 4.78 is 0.373. The van der Waals surface area contributed by atoms with Gasteiger partial charge in [0.15, 0.2) is 10.9 Å². The molecule has 0 aromatic carbocycles. The molecule has 0 fully saturated rings. The Morgan fingerprint density at radius 2 is 2.33 bits per heavy atom. The van der Waals surface area contributed by atoms with Crippen molar-refractivity contribution in [3.63, 3.8) is 0 Å². The van der Waals surface area contributed by atoms with Crippen LogP contribution in [-0.4, -0.2) is 15.0 Å². The van der Waals surface area contributed by atoms with Crippen molar-refractivity contribution in [2.75, 3.05) is 5.32 Å². The zero-order chi connectivity index (χ0) is 10.8. The number of aromatic amines is 1. The predicted octanol–water partition coefficient (Wildman–Crippen LogP) is 2.04. The summed E-state index contributed by atoms with van der Waals surface area (Å²) in [6, 6.07) is 0. The van der Waals surface area contributed by atoms with E-state index in [2.05, 4.69) is 36.2 Å².